The van der Waals surface area contributed by atoms with Gasteiger partial charge in [0.25, 0.3) is 0 Å². The first-order valence-electron chi connectivity index (χ1n) is 7.39. The zero-order chi connectivity index (χ0) is 16.2. The Kier molecular flexibility index (Phi) is 5.75. The zero-order valence-electron chi connectivity index (χ0n) is 13.3. The molecular weight excluding hydrogens is 272 g/mol. The van der Waals surface area contributed by atoms with Crippen LogP contribution in [0.2, 0.25) is 0 Å². The summed E-state index contributed by atoms with van der Waals surface area (Å²) < 4.78 is 0. The number of nitrogens with one attached hydrogen (secondary N) is 1. The first-order chi connectivity index (χ1) is 9.62. The van der Waals surface area contributed by atoms with Gasteiger partial charge in [0.15, 0.2) is 0 Å². The van der Waals surface area contributed by atoms with Crippen LogP contribution in [0, 0.1) is 17.3 Å². The Morgan fingerprint density at radius 2 is 1.76 bits per heavy atom. The van der Waals surface area contributed by atoms with Gasteiger partial charge in [-0.1, -0.05) is 20.8 Å². The summed E-state index contributed by atoms with van der Waals surface area (Å²) in [5.41, 5.74) is -0.601. The van der Waals surface area contributed by atoms with Gasteiger partial charge in [-0.3, -0.25) is 14.4 Å². The van der Waals surface area contributed by atoms with Crippen molar-refractivity contribution in [1.82, 2.24) is 10.2 Å². The number of nitrogens with zero attached hydrogens (tertiary/aromatic N) is 1. The molecule has 6 nitrogen and oxygen atoms in total. The maximum atomic E-state index is 12.4. The Bertz CT molecular complexity index is 406. The maximum Gasteiger partial charge on any atom is 0.316 e. The molecule has 21 heavy (non-hydrogen) atoms. The Morgan fingerprint density at radius 3 is 2.14 bits per heavy atom. The molecule has 0 bridgehead atoms. The minimum absolute atomic E-state index is 0.0489. The summed E-state index contributed by atoms with van der Waals surface area (Å²) in [5, 5.41) is 12.1. The number of piperidine rings is 1. The van der Waals surface area contributed by atoms with Crippen LogP contribution in [0.15, 0.2) is 0 Å². The molecule has 0 saturated carbocycles. The lowest BCUT2D eigenvalue weighted by Crippen LogP contribution is -2.48. The molecule has 2 amide bonds. The van der Waals surface area contributed by atoms with Gasteiger partial charge in [-0.2, -0.15) is 0 Å². The fourth-order valence-corrected chi connectivity index (χ4v) is 2.67. The number of rotatable bonds is 4. The van der Waals surface area contributed by atoms with Crippen molar-refractivity contribution < 1.29 is 19.5 Å². The molecule has 0 radical (unpaired) electrons. The average Bonchev–Trinajstić information content (AvgIpc) is 2.34. The highest BCUT2D eigenvalue weighted by Crippen LogP contribution is 2.29. The lowest BCUT2D eigenvalue weighted by Gasteiger charge is -2.36. The van der Waals surface area contributed by atoms with Gasteiger partial charge in [0.05, 0.1) is 0 Å². The molecule has 0 spiro atoms. The van der Waals surface area contributed by atoms with E-state index in [1.54, 1.807) is 25.7 Å². The Hall–Kier alpha value is -1.59. The molecule has 1 rings (SSSR count). The summed E-state index contributed by atoms with van der Waals surface area (Å²) in [4.78, 5) is 36.4. The fraction of sp³-hybridized carbons (Fsp3) is 0.800. The van der Waals surface area contributed by atoms with Gasteiger partial charge in [-0.25, -0.2) is 0 Å². The summed E-state index contributed by atoms with van der Waals surface area (Å²) in [6.07, 6.45) is 1.59. The second-order valence-electron chi connectivity index (χ2n) is 6.84. The van der Waals surface area contributed by atoms with E-state index in [2.05, 4.69) is 5.32 Å². The third kappa shape index (κ3) is 5.02. The topological polar surface area (TPSA) is 86.7 Å². The highest BCUT2D eigenvalue weighted by atomic mass is 16.4. The van der Waals surface area contributed by atoms with Gasteiger partial charge in [-0.05, 0) is 24.2 Å². The van der Waals surface area contributed by atoms with Crippen LogP contribution in [0.25, 0.3) is 0 Å². The fourth-order valence-electron chi connectivity index (χ4n) is 2.67. The molecule has 1 unspecified atom stereocenters. The van der Waals surface area contributed by atoms with Gasteiger partial charge in [0.1, 0.15) is 5.92 Å². The van der Waals surface area contributed by atoms with E-state index in [1.807, 2.05) is 0 Å². The average molecular weight is 298 g/mol. The van der Waals surface area contributed by atoms with Crippen molar-refractivity contribution in [2.24, 2.45) is 17.3 Å². The van der Waals surface area contributed by atoms with Gasteiger partial charge >= 0.3 is 5.97 Å². The lowest BCUT2D eigenvalue weighted by molar-refractivity contribution is -0.156. The monoisotopic (exact) mass is 298 g/mol. The summed E-state index contributed by atoms with van der Waals surface area (Å²) >= 11 is 0. The second-order valence-corrected chi connectivity index (χ2v) is 6.84. The van der Waals surface area contributed by atoms with Crippen LogP contribution in [0.5, 0.6) is 0 Å². The number of carboxylic acids is 1. The van der Waals surface area contributed by atoms with E-state index < -0.39 is 17.3 Å². The van der Waals surface area contributed by atoms with E-state index in [1.165, 1.54) is 6.92 Å². The number of carbonyl (C=O) groups is 3. The molecule has 1 heterocycles. The molecule has 0 aliphatic carbocycles. The number of carbonyl (C=O) groups excluding carboxylic acids is 2. The van der Waals surface area contributed by atoms with Gasteiger partial charge < -0.3 is 15.3 Å². The normalized spacial score (nSPS) is 18.2. The number of hydrogen-bond donors (Lipinski definition) is 2. The summed E-state index contributed by atoms with van der Waals surface area (Å²) in [6.45, 7) is 8.54. The predicted molar refractivity (Wildman–Crippen MR) is 78.6 cm³/mol. The molecule has 1 saturated heterocycles. The number of carboxylic acid groups (broad SMARTS) is 1. The highest BCUT2D eigenvalue weighted by Gasteiger charge is 2.40. The lowest BCUT2D eigenvalue weighted by atomic mass is 9.79. The van der Waals surface area contributed by atoms with Crippen molar-refractivity contribution in [1.29, 1.82) is 0 Å². The smallest absolute Gasteiger partial charge is 0.316 e. The molecule has 1 fully saturated rings. The number of aliphatic carboxylic acids is 1. The van der Waals surface area contributed by atoms with Crippen LogP contribution in [0.4, 0.5) is 0 Å². The van der Waals surface area contributed by atoms with Crippen molar-refractivity contribution in [3.05, 3.63) is 0 Å². The number of amides is 2. The van der Waals surface area contributed by atoms with Gasteiger partial charge in [-0.15, -0.1) is 0 Å². The molecule has 0 aromatic rings. The number of likely N-dealkylation sites (tertiary alicyclic amines) is 1. The predicted octanol–water partition coefficient (Wildman–Crippen LogP) is 1.11. The highest BCUT2D eigenvalue weighted by molar-refractivity contribution is 5.97. The van der Waals surface area contributed by atoms with E-state index in [-0.39, 0.29) is 11.8 Å². The second kappa shape index (κ2) is 6.91. The summed E-state index contributed by atoms with van der Waals surface area (Å²) in [5.74, 6) is -2.06. The molecule has 0 aromatic carbocycles. The van der Waals surface area contributed by atoms with E-state index in [0.717, 1.165) is 12.8 Å². The first-order valence-corrected chi connectivity index (χ1v) is 7.39. The van der Waals surface area contributed by atoms with Gasteiger partial charge in [0, 0.05) is 26.6 Å². The molecular formula is C15H26N2O4. The zero-order valence-corrected chi connectivity index (χ0v) is 13.3. The van der Waals surface area contributed by atoms with Crippen LogP contribution in [0.1, 0.15) is 40.5 Å². The Balaban J connectivity index is 2.58. The quantitative estimate of drug-likeness (QED) is 0.761. The minimum atomic E-state index is -1.06. The van der Waals surface area contributed by atoms with Crippen LogP contribution in [-0.2, 0) is 14.4 Å². The van der Waals surface area contributed by atoms with Crippen molar-refractivity contribution in [2.75, 3.05) is 19.6 Å². The van der Waals surface area contributed by atoms with E-state index >= 15 is 0 Å². The van der Waals surface area contributed by atoms with E-state index in [9.17, 15) is 19.5 Å². The van der Waals surface area contributed by atoms with E-state index in [0.29, 0.717) is 25.6 Å². The summed E-state index contributed by atoms with van der Waals surface area (Å²) in [7, 11) is 0. The molecule has 120 valence electrons. The molecule has 1 aliphatic heterocycles. The van der Waals surface area contributed by atoms with Crippen LogP contribution < -0.4 is 5.32 Å². The Morgan fingerprint density at radius 1 is 1.24 bits per heavy atom. The van der Waals surface area contributed by atoms with Crippen LogP contribution in [-0.4, -0.2) is 47.4 Å². The SMILES string of the molecule is CC(=O)NCC1CCN(C(=O)C(C(=O)O)C(C)(C)C)CC1. The van der Waals surface area contributed by atoms with Crippen molar-refractivity contribution in [3.8, 4) is 0 Å². The molecule has 0 aromatic heterocycles. The standard InChI is InChI=1S/C15H26N2O4/c1-10(18)16-9-11-5-7-17(8-6-11)13(19)12(14(20)21)15(2,3)4/h11-12H,5-9H2,1-4H3,(H,16,18)(H,20,21). The van der Waals surface area contributed by atoms with E-state index in [4.69, 9.17) is 0 Å². The summed E-state index contributed by atoms with van der Waals surface area (Å²) in [6, 6.07) is 0. The van der Waals surface area contributed by atoms with Crippen LogP contribution in [0.3, 0.4) is 0 Å². The Labute approximate surface area is 125 Å². The third-order valence-electron chi connectivity index (χ3n) is 3.93. The van der Waals surface area contributed by atoms with Crippen molar-refractivity contribution in [3.63, 3.8) is 0 Å². The van der Waals surface area contributed by atoms with Gasteiger partial charge in [0.2, 0.25) is 11.8 Å². The maximum absolute atomic E-state index is 12.4. The molecule has 2 N–H and O–H groups in total. The minimum Gasteiger partial charge on any atom is -0.481 e. The van der Waals surface area contributed by atoms with Crippen molar-refractivity contribution >= 4 is 17.8 Å². The van der Waals surface area contributed by atoms with Crippen molar-refractivity contribution in [2.45, 2.75) is 40.5 Å². The van der Waals surface area contributed by atoms with Crippen LogP contribution >= 0.6 is 0 Å². The molecule has 1 aliphatic rings. The third-order valence-corrected chi connectivity index (χ3v) is 3.93. The first kappa shape index (κ1) is 17.5. The molecule has 6 heteroatoms. The largest absolute Gasteiger partial charge is 0.481 e. The molecule has 1 atom stereocenters. The number of hydrogen-bond acceptors (Lipinski definition) is 3.